The number of nitrogens with zero attached hydrogens (tertiary/aromatic N) is 2. The summed E-state index contributed by atoms with van der Waals surface area (Å²) in [5.41, 5.74) is 7.01. The van der Waals surface area contributed by atoms with Crippen LogP contribution in [-0.4, -0.2) is 29.3 Å². The van der Waals surface area contributed by atoms with E-state index in [2.05, 4.69) is 35.1 Å². The molecule has 0 radical (unpaired) electrons. The van der Waals surface area contributed by atoms with Gasteiger partial charge in [0.15, 0.2) is 5.75 Å². The second kappa shape index (κ2) is 7.42. The summed E-state index contributed by atoms with van der Waals surface area (Å²) in [5.74, 6) is 2.01. The Labute approximate surface area is 196 Å². The molecule has 0 saturated carbocycles. The predicted molar refractivity (Wildman–Crippen MR) is 132 cm³/mol. The number of carbonyl (C=O) groups is 1. The van der Waals surface area contributed by atoms with E-state index in [1.54, 1.807) is 14.2 Å². The lowest BCUT2D eigenvalue weighted by Crippen LogP contribution is -2.02. The Balaban J connectivity index is 1.69. The predicted octanol–water partition coefficient (Wildman–Crippen LogP) is 5.67. The smallest absolute Gasteiger partial charge is 0.315 e. The van der Waals surface area contributed by atoms with Crippen LogP contribution in [0.25, 0.3) is 33.2 Å². The number of benzene rings is 3. The zero-order valence-electron chi connectivity index (χ0n) is 19.5. The van der Waals surface area contributed by atoms with Crippen LogP contribution in [0.4, 0.5) is 0 Å². The van der Waals surface area contributed by atoms with Gasteiger partial charge in [-0.25, -0.2) is 0 Å². The summed E-state index contributed by atoms with van der Waals surface area (Å²) >= 11 is 0. The summed E-state index contributed by atoms with van der Waals surface area (Å²) in [5, 5.41) is 2.17. The van der Waals surface area contributed by atoms with Crippen LogP contribution in [0.3, 0.4) is 0 Å². The van der Waals surface area contributed by atoms with E-state index in [4.69, 9.17) is 14.2 Å². The SMILES string of the molecule is COc1ccc(-n2c(C)cc3c4cc(C)n(-c5ccc(OC)cc5)c4c4c(c32)CC(=O)O4)cc1. The van der Waals surface area contributed by atoms with Gasteiger partial charge in [0.05, 0.1) is 31.7 Å². The second-order valence-electron chi connectivity index (χ2n) is 8.62. The van der Waals surface area contributed by atoms with Gasteiger partial charge in [-0.1, -0.05) is 0 Å². The van der Waals surface area contributed by atoms with Crippen molar-refractivity contribution in [2.24, 2.45) is 0 Å². The van der Waals surface area contributed by atoms with E-state index in [0.29, 0.717) is 5.75 Å². The molecule has 0 aliphatic carbocycles. The third-order valence-electron chi connectivity index (χ3n) is 6.63. The van der Waals surface area contributed by atoms with Crippen molar-refractivity contribution in [1.82, 2.24) is 9.13 Å². The zero-order valence-corrected chi connectivity index (χ0v) is 19.5. The number of methoxy groups -OCH3 is 2. The molecule has 0 unspecified atom stereocenters. The zero-order chi connectivity index (χ0) is 23.6. The first-order valence-electron chi connectivity index (χ1n) is 11.2. The normalized spacial score (nSPS) is 12.9. The Morgan fingerprint density at radius 1 is 0.735 bits per heavy atom. The van der Waals surface area contributed by atoms with Crippen molar-refractivity contribution >= 4 is 27.8 Å². The molecule has 34 heavy (non-hydrogen) atoms. The second-order valence-corrected chi connectivity index (χ2v) is 8.62. The Morgan fingerprint density at radius 2 is 1.21 bits per heavy atom. The number of aryl methyl sites for hydroxylation is 2. The van der Waals surface area contributed by atoms with E-state index in [0.717, 1.165) is 61.6 Å². The quantitative estimate of drug-likeness (QED) is 0.260. The maximum absolute atomic E-state index is 12.6. The van der Waals surface area contributed by atoms with Crippen molar-refractivity contribution in [2.45, 2.75) is 20.3 Å². The molecule has 1 aliphatic rings. The van der Waals surface area contributed by atoms with E-state index in [1.807, 2.05) is 48.5 Å². The van der Waals surface area contributed by atoms with E-state index in [9.17, 15) is 4.79 Å². The molecule has 1 aliphatic heterocycles. The molecule has 3 heterocycles. The van der Waals surface area contributed by atoms with E-state index >= 15 is 0 Å². The van der Waals surface area contributed by atoms with Crippen LogP contribution in [0, 0.1) is 13.8 Å². The Kier molecular flexibility index (Phi) is 4.45. The first-order chi connectivity index (χ1) is 16.5. The summed E-state index contributed by atoms with van der Waals surface area (Å²) in [4.78, 5) is 12.6. The van der Waals surface area contributed by atoms with Gasteiger partial charge in [0.2, 0.25) is 0 Å². The highest BCUT2D eigenvalue weighted by Crippen LogP contribution is 2.45. The number of aromatic nitrogens is 2. The largest absolute Gasteiger partial charge is 0.497 e. The molecule has 6 heteroatoms. The van der Waals surface area contributed by atoms with Gasteiger partial charge in [-0.3, -0.25) is 4.79 Å². The highest BCUT2D eigenvalue weighted by atomic mass is 16.5. The fourth-order valence-electron chi connectivity index (χ4n) is 5.16. The molecule has 170 valence electrons. The molecule has 0 spiro atoms. The maximum atomic E-state index is 12.6. The summed E-state index contributed by atoms with van der Waals surface area (Å²) in [6.07, 6.45) is 0.244. The minimum absolute atomic E-state index is 0.232. The van der Waals surface area contributed by atoms with Gasteiger partial charge in [0.25, 0.3) is 0 Å². The molecule has 0 fully saturated rings. The number of carbonyl (C=O) groups excluding carboxylic acids is 1. The van der Waals surface area contributed by atoms with Crippen molar-refractivity contribution in [2.75, 3.05) is 14.2 Å². The number of hydrogen-bond donors (Lipinski definition) is 0. The molecule has 6 rings (SSSR count). The summed E-state index contributed by atoms with van der Waals surface area (Å²) < 4.78 is 20.9. The van der Waals surface area contributed by atoms with Crippen molar-refractivity contribution in [3.8, 4) is 28.6 Å². The lowest BCUT2D eigenvalue weighted by Gasteiger charge is -2.14. The van der Waals surface area contributed by atoms with Crippen molar-refractivity contribution in [3.05, 3.63) is 77.6 Å². The van der Waals surface area contributed by atoms with Crippen LogP contribution in [0.15, 0.2) is 60.7 Å². The van der Waals surface area contributed by atoms with Gasteiger partial charge >= 0.3 is 5.97 Å². The molecular formula is C28H24N2O4. The van der Waals surface area contributed by atoms with Gasteiger partial charge in [-0.15, -0.1) is 0 Å². The lowest BCUT2D eigenvalue weighted by molar-refractivity contribution is -0.131. The molecule has 5 aromatic rings. The summed E-state index contributed by atoms with van der Waals surface area (Å²) in [6, 6.07) is 20.3. The number of esters is 1. The molecule has 0 amide bonds. The highest BCUT2D eigenvalue weighted by Gasteiger charge is 2.31. The fourth-order valence-corrected chi connectivity index (χ4v) is 5.16. The third kappa shape index (κ3) is 2.85. The van der Waals surface area contributed by atoms with Crippen molar-refractivity contribution in [3.63, 3.8) is 0 Å². The lowest BCUT2D eigenvalue weighted by atomic mass is 10.0. The molecule has 0 saturated heterocycles. The van der Waals surface area contributed by atoms with Crippen molar-refractivity contribution < 1.29 is 19.0 Å². The van der Waals surface area contributed by atoms with Gasteiger partial charge in [-0.05, 0) is 74.5 Å². The molecule has 2 aromatic heterocycles. The molecule has 3 aromatic carbocycles. The van der Waals surface area contributed by atoms with Crippen LogP contribution in [0.1, 0.15) is 17.0 Å². The average molecular weight is 453 g/mol. The highest BCUT2D eigenvalue weighted by molar-refractivity contribution is 6.14. The van der Waals surface area contributed by atoms with Gasteiger partial charge in [-0.2, -0.15) is 0 Å². The number of rotatable bonds is 4. The monoisotopic (exact) mass is 452 g/mol. The van der Waals surface area contributed by atoms with E-state index in [1.165, 1.54) is 0 Å². The number of hydrogen-bond acceptors (Lipinski definition) is 4. The first kappa shape index (κ1) is 20.4. The maximum Gasteiger partial charge on any atom is 0.315 e. The Hall–Kier alpha value is -4.19. The van der Waals surface area contributed by atoms with Crippen LogP contribution in [-0.2, 0) is 11.2 Å². The average Bonchev–Trinajstić information content (AvgIpc) is 3.51. The van der Waals surface area contributed by atoms with Crippen LogP contribution in [0.5, 0.6) is 17.2 Å². The van der Waals surface area contributed by atoms with E-state index < -0.39 is 0 Å². The molecule has 0 bridgehead atoms. The van der Waals surface area contributed by atoms with E-state index in [-0.39, 0.29) is 12.4 Å². The summed E-state index contributed by atoms with van der Waals surface area (Å²) in [6.45, 7) is 4.17. The Morgan fingerprint density at radius 3 is 1.71 bits per heavy atom. The van der Waals surface area contributed by atoms with Crippen molar-refractivity contribution in [1.29, 1.82) is 0 Å². The van der Waals surface area contributed by atoms with Gasteiger partial charge in [0, 0.05) is 39.1 Å². The minimum atomic E-state index is -0.232. The fraction of sp³-hybridized carbons (Fsp3) is 0.179. The first-order valence-corrected chi connectivity index (χ1v) is 11.2. The van der Waals surface area contributed by atoms with Gasteiger partial charge < -0.3 is 23.3 Å². The molecule has 0 atom stereocenters. The third-order valence-corrected chi connectivity index (χ3v) is 6.63. The molecular weight excluding hydrogens is 428 g/mol. The summed E-state index contributed by atoms with van der Waals surface area (Å²) in [7, 11) is 3.32. The molecule has 6 nitrogen and oxygen atoms in total. The molecule has 0 N–H and O–H groups in total. The number of fused-ring (bicyclic) bond motifs is 6. The van der Waals surface area contributed by atoms with Crippen LogP contribution < -0.4 is 14.2 Å². The Bertz CT molecular complexity index is 1470. The van der Waals surface area contributed by atoms with Gasteiger partial charge in [0.1, 0.15) is 11.5 Å². The van der Waals surface area contributed by atoms with Crippen LogP contribution in [0.2, 0.25) is 0 Å². The number of ether oxygens (including phenoxy) is 3. The topological polar surface area (TPSA) is 54.6 Å². The standard InChI is InChI=1S/C28H24N2O4/c1-16-13-22-23-14-17(2)30(19-7-11-21(33-4)12-8-19)27(23)28-24(15-25(31)34-28)26(22)29(16)18-5-9-20(32-3)10-6-18/h5-14H,15H2,1-4H3. The minimum Gasteiger partial charge on any atom is -0.497 e. The van der Waals surface area contributed by atoms with Crippen LogP contribution >= 0.6 is 0 Å².